The van der Waals surface area contributed by atoms with Crippen molar-refractivity contribution in [3.05, 3.63) is 71.3 Å². The summed E-state index contributed by atoms with van der Waals surface area (Å²) in [5.41, 5.74) is 5.10. The highest BCUT2D eigenvalue weighted by atomic mass is 19.4. The molecule has 0 aromatic heterocycles. The average molecular weight is 433 g/mol. The maximum atomic E-state index is 12.6. The molecule has 0 saturated carbocycles. The van der Waals surface area contributed by atoms with Crippen molar-refractivity contribution in [1.29, 1.82) is 0 Å². The van der Waals surface area contributed by atoms with E-state index in [9.17, 15) is 18.0 Å². The third-order valence-corrected chi connectivity index (χ3v) is 5.37. The van der Waals surface area contributed by atoms with E-state index in [0.717, 1.165) is 23.4 Å². The molecule has 2 aromatic rings. The van der Waals surface area contributed by atoms with Gasteiger partial charge >= 0.3 is 12.3 Å². The molecule has 1 fully saturated rings. The number of aryl methyl sites for hydroxylation is 1. The monoisotopic (exact) mass is 433 g/mol. The Morgan fingerprint density at radius 1 is 1.10 bits per heavy atom. The molecule has 1 spiro atoms. The second-order valence-electron chi connectivity index (χ2n) is 7.70. The van der Waals surface area contributed by atoms with E-state index in [1.807, 2.05) is 31.2 Å². The summed E-state index contributed by atoms with van der Waals surface area (Å²) in [6.45, 7) is 2.95. The predicted octanol–water partition coefficient (Wildman–Crippen LogP) is 4.89. The number of carbonyl (C=O) groups is 1. The first-order valence-corrected chi connectivity index (χ1v) is 9.88. The minimum atomic E-state index is -4.42. The fourth-order valence-corrected chi connectivity index (χ4v) is 3.56. The Balaban J connectivity index is 1.29. The number of benzene rings is 2. The SMILES string of the molecule is Cc1ccc(C2=CC3(CCN(OC(=O)Nc4ccc(C(F)(F)F)cc4)CC3)ON2)cc1. The summed E-state index contributed by atoms with van der Waals surface area (Å²) in [5.74, 6) is 0. The van der Waals surface area contributed by atoms with Gasteiger partial charge in [-0.05, 0) is 55.7 Å². The van der Waals surface area contributed by atoms with Crippen molar-refractivity contribution in [2.24, 2.45) is 0 Å². The smallest absolute Gasteiger partial charge is 0.351 e. The molecule has 2 aliphatic rings. The Labute approximate surface area is 177 Å². The number of alkyl halides is 3. The van der Waals surface area contributed by atoms with Crippen LogP contribution in [0.1, 0.15) is 29.5 Å². The van der Waals surface area contributed by atoms with Crippen molar-refractivity contribution in [2.45, 2.75) is 31.5 Å². The Morgan fingerprint density at radius 3 is 2.35 bits per heavy atom. The molecule has 6 nitrogen and oxygen atoms in total. The number of hydroxylamine groups is 3. The standard InChI is InChI=1S/C22H22F3N3O3/c1-15-2-4-16(5-3-15)19-14-21(31-27-19)10-12-28(13-11-21)30-20(29)26-18-8-6-17(7-9-18)22(23,24)25/h2-9,14,27H,10-13H2,1H3,(H,26,29). The maximum absolute atomic E-state index is 12.6. The minimum absolute atomic E-state index is 0.223. The molecule has 1 amide bonds. The van der Waals surface area contributed by atoms with Crippen molar-refractivity contribution in [3.8, 4) is 0 Å². The largest absolute Gasteiger partial charge is 0.430 e. The molecule has 31 heavy (non-hydrogen) atoms. The number of rotatable bonds is 3. The highest BCUT2D eigenvalue weighted by Crippen LogP contribution is 2.35. The summed E-state index contributed by atoms with van der Waals surface area (Å²) < 4.78 is 37.8. The molecule has 164 valence electrons. The molecule has 4 rings (SSSR count). The van der Waals surface area contributed by atoms with Crippen molar-refractivity contribution < 1.29 is 27.6 Å². The molecule has 2 heterocycles. The number of piperidine rings is 1. The lowest BCUT2D eigenvalue weighted by atomic mass is 9.91. The summed E-state index contributed by atoms with van der Waals surface area (Å²) in [4.78, 5) is 23.2. The normalized spacial score (nSPS) is 18.4. The zero-order chi connectivity index (χ0) is 22.1. The van der Waals surface area contributed by atoms with Crippen LogP contribution in [0.5, 0.6) is 0 Å². The average Bonchev–Trinajstić information content (AvgIpc) is 3.14. The first-order chi connectivity index (χ1) is 14.7. The van der Waals surface area contributed by atoms with Gasteiger partial charge < -0.3 is 4.84 Å². The first-order valence-electron chi connectivity index (χ1n) is 9.88. The van der Waals surface area contributed by atoms with Gasteiger partial charge in [0.2, 0.25) is 0 Å². The van der Waals surface area contributed by atoms with Gasteiger partial charge in [0.15, 0.2) is 0 Å². The van der Waals surface area contributed by atoms with E-state index in [4.69, 9.17) is 9.68 Å². The topological polar surface area (TPSA) is 62.8 Å². The van der Waals surface area contributed by atoms with Gasteiger partial charge in [-0.2, -0.15) is 13.2 Å². The molecule has 2 N–H and O–H groups in total. The van der Waals surface area contributed by atoms with Crippen molar-refractivity contribution in [3.63, 3.8) is 0 Å². The molecule has 0 bridgehead atoms. The van der Waals surface area contributed by atoms with Gasteiger partial charge in [0.25, 0.3) is 0 Å². The molecule has 0 unspecified atom stereocenters. The van der Waals surface area contributed by atoms with Gasteiger partial charge in [-0.3, -0.25) is 15.6 Å². The van der Waals surface area contributed by atoms with Gasteiger partial charge in [-0.15, -0.1) is 5.06 Å². The highest BCUT2D eigenvalue weighted by Gasteiger charge is 2.39. The third-order valence-electron chi connectivity index (χ3n) is 5.37. The number of anilines is 1. The van der Waals surface area contributed by atoms with Gasteiger partial charge in [-0.1, -0.05) is 29.8 Å². The van der Waals surface area contributed by atoms with E-state index in [2.05, 4.69) is 16.9 Å². The van der Waals surface area contributed by atoms with Crippen molar-refractivity contribution in [2.75, 3.05) is 18.4 Å². The van der Waals surface area contributed by atoms with E-state index in [1.54, 1.807) is 0 Å². The number of hydrogen-bond acceptors (Lipinski definition) is 5. The second-order valence-corrected chi connectivity index (χ2v) is 7.70. The van der Waals surface area contributed by atoms with Crippen LogP contribution < -0.4 is 10.8 Å². The van der Waals surface area contributed by atoms with Gasteiger partial charge in [0, 0.05) is 18.8 Å². The number of nitrogens with one attached hydrogen (secondary N) is 2. The number of nitrogens with zero attached hydrogens (tertiary/aromatic N) is 1. The molecular weight excluding hydrogens is 411 g/mol. The fourth-order valence-electron chi connectivity index (χ4n) is 3.56. The van der Waals surface area contributed by atoms with Crippen LogP contribution in [0, 0.1) is 6.92 Å². The highest BCUT2D eigenvalue weighted by molar-refractivity contribution is 5.84. The first kappa shape index (κ1) is 21.2. The summed E-state index contributed by atoms with van der Waals surface area (Å²) >= 11 is 0. The lowest BCUT2D eigenvalue weighted by Crippen LogP contribution is -2.45. The summed E-state index contributed by atoms with van der Waals surface area (Å²) in [6, 6.07) is 12.3. The summed E-state index contributed by atoms with van der Waals surface area (Å²) in [6.07, 6.45) is -1.88. The van der Waals surface area contributed by atoms with Crippen molar-refractivity contribution >= 4 is 17.5 Å². The minimum Gasteiger partial charge on any atom is -0.351 e. The van der Waals surface area contributed by atoms with Crippen LogP contribution >= 0.6 is 0 Å². The Morgan fingerprint density at radius 2 is 1.74 bits per heavy atom. The quantitative estimate of drug-likeness (QED) is 0.722. The lowest BCUT2D eigenvalue weighted by molar-refractivity contribution is -0.153. The van der Waals surface area contributed by atoms with Crippen LogP contribution in [0.25, 0.3) is 5.70 Å². The van der Waals surface area contributed by atoms with E-state index in [-0.39, 0.29) is 5.69 Å². The Bertz CT molecular complexity index is 964. The Kier molecular flexibility index (Phi) is 5.63. The molecule has 0 radical (unpaired) electrons. The molecule has 2 aliphatic heterocycles. The van der Waals surface area contributed by atoms with Crippen LogP contribution in [0.4, 0.5) is 23.7 Å². The van der Waals surface area contributed by atoms with Gasteiger partial charge in [0.05, 0.1) is 11.3 Å². The van der Waals surface area contributed by atoms with Crippen LogP contribution in [0.15, 0.2) is 54.6 Å². The summed E-state index contributed by atoms with van der Waals surface area (Å²) in [5, 5.41) is 3.96. The number of halogens is 3. The van der Waals surface area contributed by atoms with Gasteiger partial charge in [0.1, 0.15) is 5.60 Å². The fraction of sp³-hybridized carbons (Fsp3) is 0.318. The maximum Gasteiger partial charge on any atom is 0.430 e. The number of amides is 1. The number of carbonyl (C=O) groups excluding carboxylic acids is 1. The van der Waals surface area contributed by atoms with Crippen molar-refractivity contribution in [1.82, 2.24) is 10.5 Å². The Hall–Kier alpha value is -3.04. The van der Waals surface area contributed by atoms with E-state index in [0.29, 0.717) is 25.9 Å². The zero-order valence-electron chi connectivity index (χ0n) is 16.8. The van der Waals surface area contributed by atoms with E-state index < -0.39 is 23.4 Å². The van der Waals surface area contributed by atoms with E-state index in [1.165, 1.54) is 22.8 Å². The van der Waals surface area contributed by atoms with E-state index >= 15 is 0 Å². The molecular formula is C22H22F3N3O3. The molecule has 0 atom stereocenters. The molecule has 1 saturated heterocycles. The van der Waals surface area contributed by atoms with Crippen LogP contribution in [-0.2, 0) is 15.9 Å². The molecule has 0 aliphatic carbocycles. The third kappa shape index (κ3) is 5.00. The molecule has 9 heteroatoms. The zero-order valence-corrected chi connectivity index (χ0v) is 16.8. The number of hydrogen-bond donors (Lipinski definition) is 2. The summed E-state index contributed by atoms with van der Waals surface area (Å²) in [7, 11) is 0. The predicted molar refractivity (Wildman–Crippen MR) is 108 cm³/mol. The molecule has 2 aromatic carbocycles. The van der Waals surface area contributed by atoms with Gasteiger partial charge in [-0.25, -0.2) is 4.79 Å². The van der Waals surface area contributed by atoms with Crippen LogP contribution in [0.3, 0.4) is 0 Å². The lowest BCUT2D eigenvalue weighted by Gasteiger charge is -2.35. The van der Waals surface area contributed by atoms with Crippen LogP contribution in [0.2, 0.25) is 0 Å². The van der Waals surface area contributed by atoms with Crippen LogP contribution in [-0.4, -0.2) is 29.8 Å². The second kappa shape index (κ2) is 8.24.